The molecular weight excluding hydrogens is 865 g/mol. The van der Waals surface area contributed by atoms with Crippen molar-refractivity contribution in [1.29, 1.82) is 0 Å². The van der Waals surface area contributed by atoms with E-state index in [-0.39, 0.29) is 0 Å². The second kappa shape index (κ2) is 15.3. The van der Waals surface area contributed by atoms with Crippen LogP contribution in [0.15, 0.2) is 206 Å². The van der Waals surface area contributed by atoms with Crippen LogP contribution in [0.1, 0.15) is 0 Å². The van der Waals surface area contributed by atoms with Gasteiger partial charge in [-0.3, -0.25) is 0 Å². The van der Waals surface area contributed by atoms with Gasteiger partial charge in [0.05, 0.1) is 29.7 Å². The molecule has 0 bridgehead atoms. The first kappa shape index (κ1) is 35.7. The molecule has 0 nitrogen and oxygen atoms in total. The van der Waals surface area contributed by atoms with Gasteiger partial charge >= 0.3 is 0 Å². The van der Waals surface area contributed by atoms with Crippen molar-refractivity contribution in [1.82, 2.24) is 0 Å². The standard InChI is InChI=1S/C40H24S12/c1-41-39-40(42-2)52-30(51-39)20-19-21-31(35-43-22-11-3-4-12-23(22)44-35)33(37-47-26-15-7-8-16-27(26)48-37)34(38-49-28-17-9-10-18-29(28)50-38)32(21)36-45-24-13-5-6-14-25(24)46-36/h3-20H,1-2H3. The number of benzene rings is 4. The lowest BCUT2D eigenvalue weighted by molar-refractivity contribution is 1.27. The summed E-state index contributed by atoms with van der Waals surface area (Å²) in [7, 11) is 0. The maximum absolute atomic E-state index is 2.47. The Kier molecular flexibility index (Phi) is 10.5. The molecule has 4 aromatic carbocycles. The number of hydrogen-bond donors (Lipinski definition) is 0. The Bertz CT molecular complexity index is 2170. The Balaban J connectivity index is 1.26. The largest absolute Gasteiger partial charge is 0.121 e. The molecule has 0 spiro atoms. The molecule has 5 heterocycles. The molecule has 0 saturated heterocycles. The highest BCUT2D eigenvalue weighted by Gasteiger charge is 2.43. The van der Waals surface area contributed by atoms with Crippen LogP contribution in [0.4, 0.5) is 0 Å². The molecule has 256 valence electrons. The molecule has 1 aliphatic carbocycles. The van der Waals surface area contributed by atoms with E-state index in [9.17, 15) is 0 Å². The van der Waals surface area contributed by atoms with Gasteiger partial charge < -0.3 is 0 Å². The van der Waals surface area contributed by atoms with Gasteiger partial charge in [-0.2, -0.15) is 0 Å². The third-order valence-corrected chi connectivity index (χ3v) is 23.8. The number of hydrogen-bond acceptors (Lipinski definition) is 12. The predicted octanol–water partition coefficient (Wildman–Crippen LogP) is 16.5. The molecule has 10 rings (SSSR count). The minimum atomic E-state index is 1.34. The minimum Gasteiger partial charge on any atom is -0.121 e. The van der Waals surface area contributed by atoms with Crippen LogP contribution in [0.25, 0.3) is 0 Å². The minimum absolute atomic E-state index is 1.34. The molecule has 0 amide bonds. The van der Waals surface area contributed by atoms with E-state index in [4.69, 9.17) is 0 Å². The molecule has 6 aliphatic rings. The lowest BCUT2D eigenvalue weighted by Gasteiger charge is -2.12. The van der Waals surface area contributed by atoms with E-state index in [0.29, 0.717) is 0 Å². The highest BCUT2D eigenvalue weighted by Crippen LogP contribution is 2.69. The quantitative estimate of drug-likeness (QED) is 0.192. The maximum Gasteiger partial charge on any atom is 0.0657 e. The molecule has 52 heavy (non-hydrogen) atoms. The Labute approximate surface area is 355 Å². The zero-order valence-electron chi connectivity index (χ0n) is 27.3. The van der Waals surface area contributed by atoms with Gasteiger partial charge in [-0.05, 0) is 72.7 Å². The monoisotopic (exact) mass is 888 g/mol. The third kappa shape index (κ3) is 6.56. The summed E-state index contributed by atoms with van der Waals surface area (Å²) < 4.78 is 9.63. The van der Waals surface area contributed by atoms with Crippen molar-refractivity contribution in [3.63, 3.8) is 0 Å². The SMILES string of the molecule is CSC1=C(SC)SC(=CC=C2C(=C3Sc4ccccc4S3)C(=C3Sc4ccccc4S3)C(=C3Sc4ccccc4S3)C2=C2Sc3ccccc3S2)S1. The number of allylic oxidation sites excluding steroid dienone is 7. The predicted molar refractivity (Wildman–Crippen MR) is 246 cm³/mol. The maximum atomic E-state index is 2.47. The Hall–Kier alpha value is -0.740. The van der Waals surface area contributed by atoms with Crippen LogP contribution in [0.2, 0.25) is 0 Å². The summed E-state index contributed by atoms with van der Waals surface area (Å²) in [5, 5.41) is 0. The van der Waals surface area contributed by atoms with Crippen molar-refractivity contribution < 1.29 is 0 Å². The van der Waals surface area contributed by atoms with Crippen molar-refractivity contribution in [2.45, 2.75) is 39.2 Å². The van der Waals surface area contributed by atoms with E-state index in [1.807, 2.05) is 141 Å². The molecule has 0 atom stereocenters. The Morgan fingerprint density at radius 3 is 0.885 bits per heavy atom. The van der Waals surface area contributed by atoms with Gasteiger partial charge in [-0.25, -0.2) is 0 Å². The molecule has 0 radical (unpaired) electrons. The molecule has 0 aromatic heterocycles. The fourth-order valence-electron chi connectivity index (χ4n) is 6.17. The summed E-state index contributed by atoms with van der Waals surface area (Å²) in [6.07, 6.45) is 9.27. The summed E-state index contributed by atoms with van der Waals surface area (Å²) in [5.41, 5.74) is 6.87. The van der Waals surface area contributed by atoms with Gasteiger partial charge in [-0.1, -0.05) is 172 Å². The number of thioether (sulfide) groups is 12. The van der Waals surface area contributed by atoms with E-state index in [1.165, 1.54) is 96.7 Å². The van der Waals surface area contributed by atoms with Gasteiger partial charge in [0.15, 0.2) is 0 Å². The third-order valence-electron chi connectivity index (χ3n) is 8.43. The molecule has 0 unspecified atom stereocenters. The zero-order chi connectivity index (χ0) is 34.8. The summed E-state index contributed by atoms with van der Waals surface area (Å²) >= 11 is 23.1. The molecule has 1 saturated carbocycles. The van der Waals surface area contributed by atoms with Crippen molar-refractivity contribution >= 4 is 141 Å². The van der Waals surface area contributed by atoms with Crippen LogP contribution in [0.5, 0.6) is 0 Å². The van der Waals surface area contributed by atoms with E-state index >= 15 is 0 Å². The highest BCUT2D eigenvalue weighted by molar-refractivity contribution is 8.40. The molecule has 5 aliphatic heterocycles. The van der Waals surface area contributed by atoms with Crippen molar-refractivity contribution in [2.24, 2.45) is 0 Å². The molecular formula is C40H24S12. The first-order valence-electron chi connectivity index (χ1n) is 16.0. The highest BCUT2D eigenvalue weighted by atomic mass is 32.3. The van der Waals surface area contributed by atoms with Gasteiger partial charge in [0.1, 0.15) is 0 Å². The van der Waals surface area contributed by atoms with Crippen molar-refractivity contribution in [3.05, 3.63) is 167 Å². The van der Waals surface area contributed by atoms with Crippen LogP contribution in [0.3, 0.4) is 0 Å². The lowest BCUT2D eigenvalue weighted by atomic mass is 10.1. The second-order valence-corrected chi connectivity index (χ2v) is 25.5. The van der Waals surface area contributed by atoms with Crippen LogP contribution in [-0.4, -0.2) is 12.5 Å². The topological polar surface area (TPSA) is 0 Å². The van der Waals surface area contributed by atoms with Gasteiger partial charge in [0.2, 0.25) is 0 Å². The molecule has 12 heteroatoms. The fourth-order valence-corrected chi connectivity index (χ4v) is 21.4. The van der Waals surface area contributed by atoms with Crippen molar-refractivity contribution in [3.8, 4) is 0 Å². The summed E-state index contributed by atoms with van der Waals surface area (Å²) in [5.74, 6) is 0. The second-order valence-electron chi connectivity index (χ2n) is 11.5. The fraction of sp³-hybridized carbons (Fsp3) is 0.0500. The van der Waals surface area contributed by atoms with Gasteiger partial charge in [0, 0.05) is 61.5 Å². The molecule has 1 fully saturated rings. The summed E-state index contributed by atoms with van der Waals surface area (Å²) in [6, 6.07) is 35.7. The Morgan fingerprint density at radius 1 is 0.346 bits per heavy atom. The van der Waals surface area contributed by atoms with Crippen LogP contribution in [0, 0.1) is 0 Å². The number of fused-ring (bicyclic) bond motifs is 4. The molecule has 0 N–H and O–H groups in total. The van der Waals surface area contributed by atoms with E-state index in [2.05, 4.69) is 122 Å². The van der Waals surface area contributed by atoms with E-state index in [1.54, 1.807) is 0 Å². The van der Waals surface area contributed by atoms with E-state index in [0.717, 1.165) is 0 Å². The first-order valence-corrected chi connectivity index (χ1v) is 26.6. The normalized spacial score (nSPS) is 19.0. The smallest absolute Gasteiger partial charge is 0.0657 e. The first-order chi connectivity index (χ1) is 25.6. The average molecular weight is 889 g/mol. The molecule has 4 aromatic rings. The summed E-state index contributed by atoms with van der Waals surface area (Å²) in [6.45, 7) is 0. The lowest BCUT2D eigenvalue weighted by Crippen LogP contribution is -1.90. The number of rotatable bonds is 3. The van der Waals surface area contributed by atoms with Crippen LogP contribution >= 0.6 is 141 Å². The summed E-state index contributed by atoms with van der Waals surface area (Å²) in [4.78, 5) is 10.8. The van der Waals surface area contributed by atoms with Gasteiger partial charge in [-0.15, -0.1) is 23.5 Å². The van der Waals surface area contributed by atoms with Crippen LogP contribution in [-0.2, 0) is 0 Å². The zero-order valence-corrected chi connectivity index (χ0v) is 37.1. The van der Waals surface area contributed by atoms with Crippen molar-refractivity contribution in [2.75, 3.05) is 12.5 Å². The van der Waals surface area contributed by atoms with Crippen LogP contribution < -0.4 is 0 Å². The van der Waals surface area contributed by atoms with Gasteiger partial charge in [0.25, 0.3) is 0 Å². The van der Waals surface area contributed by atoms with E-state index < -0.39 is 0 Å². The average Bonchev–Trinajstić information content (AvgIpc) is 4.02. The Morgan fingerprint density at radius 2 is 0.615 bits per heavy atom.